The Morgan fingerprint density at radius 1 is 1.32 bits per heavy atom. The minimum Gasteiger partial charge on any atom is -0.341 e. The largest absolute Gasteiger partial charge is 0.341 e. The molecule has 0 aliphatic carbocycles. The highest BCUT2D eigenvalue weighted by molar-refractivity contribution is 6.07. The molecule has 0 unspecified atom stereocenters. The zero-order valence-electron chi connectivity index (χ0n) is 15.2. The van der Waals surface area contributed by atoms with Crippen molar-refractivity contribution in [1.29, 1.82) is 0 Å². The number of amides is 2. The average Bonchev–Trinajstić information content (AvgIpc) is 3.22. The van der Waals surface area contributed by atoms with E-state index in [1.54, 1.807) is 22.8 Å². The van der Waals surface area contributed by atoms with E-state index in [9.17, 15) is 9.59 Å². The Hall–Kier alpha value is -2.44. The van der Waals surface area contributed by atoms with Crippen molar-refractivity contribution in [2.24, 2.45) is 0 Å². The summed E-state index contributed by atoms with van der Waals surface area (Å²) in [6, 6.07) is 1.36. The molecule has 25 heavy (non-hydrogen) atoms. The van der Waals surface area contributed by atoms with E-state index in [1.165, 1.54) is 0 Å². The molecule has 2 aromatic heterocycles. The van der Waals surface area contributed by atoms with Crippen LogP contribution < -0.4 is 0 Å². The molecule has 1 aliphatic heterocycles. The number of aryl methyl sites for hydroxylation is 2. The van der Waals surface area contributed by atoms with Crippen LogP contribution in [0.3, 0.4) is 0 Å². The molecule has 0 aromatic carbocycles. The third kappa shape index (κ3) is 2.99. The second kappa shape index (κ2) is 6.82. The minimum absolute atomic E-state index is 0.0277. The SMILES string of the molecule is CCN(CC)C(=O)[C@H]1CCCN1C(=O)c1cc(C)nc2onc(C)c12. The van der Waals surface area contributed by atoms with E-state index in [-0.39, 0.29) is 11.8 Å². The highest BCUT2D eigenvalue weighted by Gasteiger charge is 2.37. The summed E-state index contributed by atoms with van der Waals surface area (Å²) in [6.07, 6.45) is 1.54. The van der Waals surface area contributed by atoms with Gasteiger partial charge in [-0.2, -0.15) is 0 Å². The van der Waals surface area contributed by atoms with Crippen molar-refractivity contribution >= 4 is 22.9 Å². The first-order valence-electron chi connectivity index (χ1n) is 8.81. The van der Waals surface area contributed by atoms with E-state index in [1.807, 2.05) is 20.8 Å². The van der Waals surface area contributed by atoms with Crippen molar-refractivity contribution in [1.82, 2.24) is 19.9 Å². The second-order valence-electron chi connectivity index (χ2n) is 6.43. The summed E-state index contributed by atoms with van der Waals surface area (Å²) in [5, 5.41) is 4.57. The fraction of sp³-hybridized carbons (Fsp3) is 0.556. The number of rotatable bonds is 4. The molecule has 1 saturated heterocycles. The minimum atomic E-state index is -0.393. The lowest BCUT2D eigenvalue weighted by Crippen LogP contribution is -2.47. The normalized spacial score (nSPS) is 17.3. The molecule has 134 valence electrons. The Bertz CT molecular complexity index is 810. The van der Waals surface area contributed by atoms with Crippen molar-refractivity contribution in [3.8, 4) is 0 Å². The van der Waals surface area contributed by atoms with Gasteiger partial charge in [-0.3, -0.25) is 9.59 Å². The lowest BCUT2D eigenvalue weighted by atomic mass is 10.1. The van der Waals surface area contributed by atoms with E-state index < -0.39 is 6.04 Å². The molecule has 3 heterocycles. The standard InChI is InChI=1S/C18H24N4O3/c1-5-21(6-2)18(24)14-8-7-9-22(14)17(23)13-10-11(3)19-16-15(13)12(4)20-25-16/h10,14H,5-9H2,1-4H3/t14-/m1/s1. The van der Waals surface area contributed by atoms with E-state index in [0.717, 1.165) is 6.42 Å². The average molecular weight is 344 g/mol. The molecule has 3 rings (SSSR count). The van der Waals surface area contributed by atoms with Gasteiger partial charge < -0.3 is 14.3 Å². The maximum Gasteiger partial charge on any atom is 0.258 e. The number of hydrogen-bond donors (Lipinski definition) is 0. The summed E-state index contributed by atoms with van der Waals surface area (Å²) >= 11 is 0. The molecule has 1 aliphatic rings. The summed E-state index contributed by atoms with van der Waals surface area (Å²) < 4.78 is 5.22. The molecule has 0 bridgehead atoms. The van der Waals surface area contributed by atoms with E-state index in [0.29, 0.717) is 54.1 Å². The van der Waals surface area contributed by atoms with Gasteiger partial charge in [0.05, 0.1) is 16.6 Å². The first kappa shape index (κ1) is 17.4. The van der Waals surface area contributed by atoms with Crippen LogP contribution in [0.2, 0.25) is 0 Å². The van der Waals surface area contributed by atoms with E-state index in [2.05, 4.69) is 10.1 Å². The van der Waals surface area contributed by atoms with Gasteiger partial charge in [0.15, 0.2) is 0 Å². The Kier molecular flexibility index (Phi) is 4.74. The van der Waals surface area contributed by atoms with Crippen LogP contribution in [0.1, 0.15) is 48.4 Å². The highest BCUT2D eigenvalue weighted by atomic mass is 16.5. The smallest absolute Gasteiger partial charge is 0.258 e. The Morgan fingerprint density at radius 3 is 2.72 bits per heavy atom. The van der Waals surface area contributed by atoms with Gasteiger partial charge in [-0.1, -0.05) is 5.16 Å². The monoisotopic (exact) mass is 344 g/mol. The van der Waals surface area contributed by atoms with Gasteiger partial charge in [0.25, 0.3) is 11.6 Å². The number of likely N-dealkylation sites (N-methyl/N-ethyl adjacent to an activating group) is 1. The zero-order chi connectivity index (χ0) is 18.1. The van der Waals surface area contributed by atoms with Crippen molar-refractivity contribution in [2.45, 2.75) is 46.6 Å². The Morgan fingerprint density at radius 2 is 2.04 bits per heavy atom. The van der Waals surface area contributed by atoms with Crippen LogP contribution in [0.5, 0.6) is 0 Å². The quantitative estimate of drug-likeness (QED) is 0.850. The Balaban J connectivity index is 1.98. The molecule has 0 saturated carbocycles. The number of hydrogen-bond acceptors (Lipinski definition) is 5. The van der Waals surface area contributed by atoms with Crippen molar-refractivity contribution in [2.75, 3.05) is 19.6 Å². The van der Waals surface area contributed by atoms with Crippen LogP contribution in [0.4, 0.5) is 0 Å². The molecule has 7 heteroatoms. The fourth-order valence-electron chi connectivity index (χ4n) is 3.55. The number of nitrogens with zero attached hydrogens (tertiary/aromatic N) is 4. The molecular weight excluding hydrogens is 320 g/mol. The molecule has 0 radical (unpaired) electrons. The van der Waals surface area contributed by atoms with Crippen LogP contribution in [0.25, 0.3) is 11.1 Å². The summed E-state index contributed by atoms with van der Waals surface area (Å²) in [4.78, 5) is 33.8. The number of fused-ring (bicyclic) bond motifs is 1. The van der Waals surface area contributed by atoms with Gasteiger partial charge in [-0.25, -0.2) is 4.98 Å². The summed E-state index contributed by atoms with van der Waals surface area (Å²) in [5.74, 6) is -0.121. The molecule has 0 N–H and O–H groups in total. The van der Waals surface area contributed by atoms with Gasteiger partial charge >= 0.3 is 0 Å². The van der Waals surface area contributed by atoms with Crippen LogP contribution >= 0.6 is 0 Å². The van der Waals surface area contributed by atoms with Gasteiger partial charge in [0.1, 0.15) is 6.04 Å². The van der Waals surface area contributed by atoms with Gasteiger partial charge in [-0.05, 0) is 46.6 Å². The molecule has 2 amide bonds. The summed E-state index contributed by atoms with van der Waals surface area (Å²) in [6.45, 7) is 9.41. The predicted molar refractivity (Wildman–Crippen MR) is 93.3 cm³/mol. The van der Waals surface area contributed by atoms with Gasteiger partial charge in [0, 0.05) is 25.3 Å². The number of carbonyl (C=O) groups is 2. The maximum atomic E-state index is 13.2. The molecule has 1 atom stereocenters. The first-order chi connectivity index (χ1) is 12.0. The third-order valence-electron chi connectivity index (χ3n) is 4.85. The van der Waals surface area contributed by atoms with E-state index >= 15 is 0 Å². The third-order valence-corrected chi connectivity index (χ3v) is 4.85. The van der Waals surface area contributed by atoms with Crippen LogP contribution in [0.15, 0.2) is 10.6 Å². The lowest BCUT2D eigenvalue weighted by molar-refractivity contribution is -0.134. The number of aromatic nitrogens is 2. The number of likely N-dealkylation sites (tertiary alicyclic amines) is 1. The molecule has 1 fully saturated rings. The van der Waals surface area contributed by atoms with Crippen LogP contribution in [-0.2, 0) is 4.79 Å². The summed E-state index contributed by atoms with van der Waals surface area (Å²) in [5.41, 5.74) is 2.21. The highest BCUT2D eigenvalue weighted by Crippen LogP contribution is 2.27. The Labute approximate surface area is 147 Å². The fourth-order valence-corrected chi connectivity index (χ4v) is 3.55. The van der Waals surface area contributed by atoms with Gasteiger partial charge in [0.2, 0.25) is 5.91 Å². The predicted octanol–water partition coefficient (Wildman–Crippen LogP) is 2.31. The zero-order valence-corrected chi connectivity index (χ0v) is 15.2. The first-order valence-corrected chi connectivity index (χ1v) is 8.81. The van der Waals surface area contributed by atoms with Gasteiger partial charge in [-0.15, -0.1) is 0 Å². The van der Waals surface area contributed by atoms with Crippen LogP contribution in [-0.4, -0.2) is 57.4 Å². The van der Waals surface area contributed by atoms with Crippen molar-refractivity contribution < 1.29 is 14.1 Å². The maximum absolute atomic E-state index is 13.2. The number of pyridine rings is 1. The lowest BCUT2D eigenvalue weighted by Gasteiger charge is -2.29. The molecule has 7 nitrogen and oxygen atoms in total. The summed E-state index contributed by atoms with van der Waals surface area (Å²) in [7, 11) is 0. The van der Waals surface area contributed by atoms with E-state index in [4.69, 9.17) is 4.52 Å². The van der Waals surface area contributed by atoms with Crippen LogP contribution in [0, 0.1) is 13.8 Å². The van der Waals surface area contributed by atoms with Crippen molar-refractivity contribution in [3.63, 3.8) is 0 Å². The molecule has 2 aromatic rings. The topological polar surface area (TPSA) is 79.5 Å². The molecular formula is C18H24N4O3. The van der Waals surface area contributed by atoms with Crippen molar-refractivity contribution in [3.05, 3.63) is 23.0 Å². The number of carbonyl (C=O) groups excluding carboxylic acids is 2. The molecule has 0 spiro atoms. The second-order valence-corrected chi connectivity index (χ2v) is 6.43.